The molecule has 1 heterocycles. The third kappa shape index (κ3) is 3.98. The predicted octanol–water partition coefficient (Wildman–Crippen LogP) is 1.60. The van der Waals surface area contributed by atoms with E-state index >= 15 is 0 Å². The number of aromatic nitrogens is 2. The highest BCUT2D eigenvalue weighted by molar-refractivity contribution is 5.35. The Morgan fingerprint density at radius 1 is 1.50 bits per heavy atom. The lowest BCUT2D eigenvalue weighted by Crippen LogP contribution is -2.24. The van der Waals surface area contributed by atoms with Gasteiger partial charge in [0.05, 0.1) is 11.9 Å². The van der Waals surface area contributed by atoms with Gasteiger partial charge in [-0.05, 0) is 0 Å². The van der Waals surface area contributed by atoms with Crippen LogP contribution in [0.3, 0.4) is 0 Å². The zero-order valence-corrected chi connectivity index (χ0v) is 10.3. The monoisotopic (exact) mass is 220 g/mol. The first kappa shape index (κ1) is 12.6. The Morgan fingerprint density at radius 3 is 2.88 bits per heavy atom. The van der Waals surface area contributed by atoms with Crippen LogP contribution in [0.2, 0.25) is 0 Å². The molecule has 88 valence electrons. The van der Waals surface area contributed by atoms with Gasteiger partial charge < -0.3 is 10.2 Å². The van der Waals surface area contributed by atoms with Crippen LogP contribution in [0.5, 0.6) is 0 Å². The highest BCUT2D eigenvalue weighted by Gasteiger charge is 2.03. The van der Waals surface area contributed by atoms with E-state index in [4.69, 9.17) is 0 Å². The molecule has 0 fully saturated rings. The van der Waals surface area contributed by atoms with E-state index in [1.54, 1.807) is 12.4 Å². The van der Waals surface area contributed by atoms with E-state index in [1.165, 1.54) is 0 Å². The summed E-state index contributed by atoms with van der Waals surface area (Å²) in [5.41, 5.74) is 0.960. The van der Waals surface area contributed by atoms with Gasteiger partial charge in [0.15, 0.2) is 0 Å². The molecule has 1 aromatic heterocycles. The number of anilines is 1. The fourth-order valence-corrected chi connectivity index (χ4v) is 1.26. The Kier molecular flexibility index (Phi) is 4.92. The number of likely N-dealkylation sites (N-methyl/N-ethyl adjacent to an activating group) is 1. The SMILES string of the molecule is C=CCN(C)c1cncc(CNC(C)C)n1. The van der Waals surface area contributed by atoms with Gasteiger partial charge in [-0.2, -0.15) is 0 Å². The largest absolute Gasteiger partial charge is 0.355 e. The lowest BCUT2D eigenvalue weighted by molar-refractivity contribution is 0.580. The molecule has 0 aromatic carbocycles. The molecule has 0 aliphatic carbocycles. The molecule has 0 radical (unpaired) electrons. The van der Waals surface area contributed by atoms with E-state index in [0.717, 1.165) is 24.6 Å². The quantitative estimate of drug-likeness (QED) is 0.739. The highest BCUT2D eigenvalue weighted by atomic mass is 15.2. The molecule has 4 nitrogen and oxygen atoms in total. The summed E-state index contributed by atoms with van der Waals surface area (Å²) in [4.78, 5) is 10.7. The van der Waals surface area contributed by atoms with Crippen LogP contribution < -0.4 is 10.2 Å². The van der Waals surface area contributed by atoms with Crippen LogP contribution in [-0.2, 0) is 6.54 Å². The minimum absolute atomic E-state index is 0.455. The van der Waals surface area contributed by atoms with Gasteiger partial charge >= 0.3 is 0 Å². The van der Waals surface area contributed by atoms with Crippen molar-refractivity contribution < 1.29 is 0 Å². The number of hydrogen-bond acceptors (Lipinski definition) is 4. The molecule has 1 N–H and O–H groups in total. The molecular weight excluding hydrogens is 200 g/mol. The molecule has 0 amide bonds. The Hall–Kier alpha value is -1.42. The van der Waals surface area contributed by atoms with Crippen molar-refractivity contribution in [2.45, 2.75) is 26.4 Å². The molecule has 0 bridgehead atoms. The average molecular weight is 220 g/mol. The third-order valence-corrected chi connectivity index (χ3v) is 2.16. The van der Waals surface area contributed by atoms with Crippen molar-refractivity contribution in [2.75, 3.05) is 18.5 Å². The van der Waals surface area contributed by atoms with Crippen molar-refractivity contribution in [1.29, 1.82) is 0 Å². The van der Waals surface area contributed by atoms with Crippen LogP contribution >= 0.6 is 0 Å². The van der Waals surface area contributed by atoms with Crippen molar-refractivity contribution in [3.8, 4) is 0 Å². The Balaban J connectivity index is 2.66. The van der Waals surface area contributed by atoms with Gasteiger partial charge in [0.2, 0.25) is 0 Å². The Labute approximate surface area is 97.4 Å². The van der Waals surface area contributed by atoms with E-state index in [9.17, 15) is 0 Å². The number of nitrogens with zero attached hydrogens (tertiary/aromatic N) is 3. The summed E-state index contributed by atoms with van der Waals surface area (Å²) in [6, 6.07) is 0.455. The average Bonchev–Trinajstić information content (AvgIpc) is 2.27. The second kappa shape index (κ2) is 6.23. The van der Waals surface area contributed by atoms with Crippen LogP contribution in [0.25, 0.3) is 0 Å². The summed E-state index contributed by atoms with van der Waals surface area (Å²) in [5, 5.41) is 3.32. The summed E-state index contributed by atoms with van der Waals surface area (Å²) in [6.07, 6.45) is 5.41. The van der Waals surface area contributed by atoms with Crippen LogP contribution in [0.1, 0.15) is 19.5 Å². The second-order valence-corrected chi connectivity index (χ2v) is 4.07. The van der Waals surface area contributed by atoms with Crippen LogP contribution in [0.15, 0.2) is 25.0 Å². The van der Waals surface area contributed by atoms with Gasteiger partial charge in [-0.1, -0.05) is 19.9 Å². The maximum atomic E-state index is 4.52. The molecule has 0 aliphatic rings. The van der Waals surface area contributed by atoms with Gasteiger partial charge in [0, 0.05) is 32.4 Å². The minimum atomic E-state index is 0.455. The zero-order valence-electron chi connectivity index (χ0n) is 10.3. The fourth-order valence-electron chi connectivity index (χ4n) is 1.26. The fraction of sp³-hybridized carbons (Fsp3) is 0.500. The molecule has 1 rings (SSSR count). The van der Waals surface area contributed by atoms with Crippen molar-refractivity contribution >= 4 is 5.82 Å². The Bertz CT molecular complexity index is 336. The van der Waals surface area contributed by atoms with E-state index < -0.39 is 0 Å². The zero-order chi connectivity index (χ0) is 12.0. The van der Waals surface area contributed by atoms with E-state index in [2.05, 4.69) is 35.7 Å². The molecular formula is C12H20N4. The first-order valence-electron chi connectivity index (χ1n) is 5.49. The molecule has 4 heteroatoms. The minimum Gasteiger partial charge on any atom is -0.355 e. The lowest BCUT2D eigenvalue weighted by Gasteiger charge is -2.16. The molecule has 1 aromatic rings. The molecule has 16 heavy (non-hydrogen) atoms. The topological polar surface area (TPSA) is 41.1 Å². The van der Waals surface area contributed by atoms with Crippen LogP contribution in [0, 0.1) is 0 Å². The maximum absolute atomic E-state index is 4.52. The molecule has 0 unspecified atom stereocenters. The van der Waals surface area contributed by atoms with Gasteiger partial charge in [0.25, 0.3) is 0 Å². The number of hydrogen-bond donors (Lipinski definition) is 1. The number of rotatable bonds is 6. The number of nitrogens with one attached hydrogen (secondary N) is 1. The first-order chi connectivity index (χ1) is 7.63. The normalized spacial score (nSPS) is 10.5. The van der Waals surface area contributed by atoms with Gasteiger partial charge in [0.1, 0.15) is 5.82 Å². The van der Waals surface area contributed by atoms with E-state index in [1.807, 2.05) is 18.0 Å². The standard InChI is InChI=1S/C12H20N4/c1-5-6-16(4)12-9-13-7-11(15-12)8-14-10(2)3/h5,7,9-10,14H,1,6,8H2,2-4H3. The first-order valence-corrected chi connectivity index (χ1v) is 5.49. The van der Waals surface area contributed by atoms with Crippen molar-refractivity contribution in [1.82, 2.24) is 15.3 Å². The summed E-state index contributed by atoms with van der Waals surface area (Å²) in [6.45, 7) is 9.45. The van der Waals surface area contributed by atoms with Crippen LogP contribution in [0.4, 0.5) is 5.82 Å². The summed E-state index contributed by atoms with van der Waals surface area (Å²) in [7, 11) is 1.98. The van der Waals surface area contributed by atoms with Crippen molar-refractivity contribution in [2.24, 2.45) is 0 Å². The third-order valence-electron chi connectivity index (χ3n) is 2.16. The van der Waals surface area contributed by atoms with Gasteiger partial charge in [-0.25, -0.2) is 4.98 Å². The lowest BCUT2D eigenvalue weighted by atomic mass is 10.3. The Morgan fingerprint density at radius 2 is 2.25 bits per heavy atom. The highest BCUT2D eigenvalue weighted by Crippen LogP contribution is 2.07. The van der Waals surface area contributed by atoms with Gasteiger partial charge in [-0.15, -0.1) is 6.58 Å². The van der Waals surface area contributed by atoms with E-state index in [-0.39, 0.29) is 0 Å². The smallest absolute Gasteiger partial charge is 0.147 e. The van der Waals surface area contributed by atoms with Gasteiger partial charge in [-0.3, -0.25) is 4.98 Å². The van der Waals surface area contributed by atoms with Crippen molar-refractivity contribution in [3.63, 3.8) is 0 Å². The second-order valence-electron chi connectivity index (χ2n) is 4.07. The molecule has 0 saturated heterocycles. The summed E-state index contributed by atoms with van der Waals surface area (Å²) in [5.74, 6) is 0.878. The van der Waals surface area contributed by atoms with E-state index in [0.29, 0.717) is 6.04 Å². The predicted molar refractivity (Wildman–Crippen MR) is 67.5 cm³/mol. The molecule has 0 spiro atoms. The molecule has 0 atom stereocenters. The maximum Gasteiger partial charge on any atom is 0.147 e. The van der Waals surface area contributed by atoms with Crippen molar-refractivity contribution in [3.05, 3.63) is 30.7 Å². The molecule has 0 saturated carbocycles. The van der Waals surface area contributed by atoms with Crippen LogP contribution in [-0.4, -0.2) is 29.6 Å². The summed E-state index contributed by atoms with van der Waals surface area (Å²) >= 11 is 0. The molecule has 0 aliphatic heterocycles. The summed E-state index contributed by atoms with van der Waals surface area (Å²) < 4.78 is 0.